The first-order valence-electron chi connectivity index (χ1n) is 6.02. The van der Waals surface area contributed by atoms with Crippen LogP contribution >= 0.6 is 0 Å². The minimum atomic E-state index is -0.412. The predicted octanol–water partition coefficient (Wildman–Crippen LogP) is 1.26. The molecule has 0 unspecified atom stereocenters. The molecule has 0 bridgehead atoms. The number of pyridine rings is 1. The molecule has 1 aliphatic heterocycles. The minimum absolute atomic E-state index is 0.306. The van der Waals surface area contributed by atoms with Gasteiger partial charge in [-0.15, -0.1) is 0 Å². The van der Waals surface area contributed by atoms with Gasteiger partial charge in [-0.3, -0.25) is 9.98 Å². The van der Waals surface area contributed by atoms with Crippen molar-refractivity contribution >= 4 is 11.8 Å². The first-order valence-corrected chi connectivity index (χ1v) is 6.02. The number of fused-ring (bicyclic) bond motifs is 1. The van der Waals surface area contributed by atoms with Crippen LogP contribution in [0.5, 0.6) is 0 Å². The van der Waals surface area contributed by atoms with Gasteiger partial charge in [0.15, 0.2) is 11.5 Å². The third-order valence-electron chi connectivity index (χ3n) is 2.75. The summed E-state index contributed by atoms with van der Waals surface area (Å²) in [7, 11) is 0. The largest absolute Gasteiger partial charge is 0.461 e. The van der Waals surface area contributed by atoms with E-state index in [0.717, 1.165) is 11.4 Å². The zero-order valence-corrected chi connectivity index (χ0v) is 10.4. The zero-order valence-electron chi connectivity index (χ0n) is 10.4. The van der Waals surface area contributed by atoms with Crippen LogP contribution in [0.1, 0.15) is 28.8 Å². The summed E-state index contributed by atoms with van der Waals surface area (Å²) in [5.41, 5.74) is 1.91. The lowest BCUT2D eigenvalue weighted by Gasteiger charge is -2.01. The molecule has 0 saturated carbocycles. The Morgan fingerprint density at radius 2 is 2.37 bits per heavy atom. The second-order valence-corrected chi connectivity index (χ2v) is 4.01. The van der Waals surface area contributed by atoms with Crippen LogP contribution in [0.3, 0.4) is 0 Å². The molecule has 1 aliphatic rings. The van der Waals surface area contributed by atoms with Gasteiger partial charge in [0.05, 0.1) is 18.8 Å². The van der Waals surface area contributed by atoms with Crippen LogP contribution in [-0.4, -0.2) is 33.2 Å². The molecule has 2 aromatic heterocycles. The van der Waals surface area contributed by atoms with Gasteiger partial charge in [0, 0.05) is 6.20 Å². The monoisotopic (exact) mass is 256 g/mol. The fraction of sp³-hybridized carbons (Fsp3) is 0.231. The van der Waals surface area contributed by atoms with Crippen molar-refractivity contribution in [1.29, 1.82) is 0 Å². The summed E-state index contributed by atoms with van der Waals surface area (Å²) in [6, 6.07) is 7.29. The SMILES string of the molecule is CCOC(=O)c1cc2n(n1)C(c1ccccn1)=NC2. The molecule has 6 heteroatoms. The van der Waals surface area contributed by atoms with Crippen LogP contribution in [0.25, 0.3) is 0 Å². The smallest absolute Gasteiger partial charge is 0.358 e. The number of rotatable bonds is 3. The fourth-order valence-corrected chi connectivity index (χ4v) is 1.93. The van der Waals surface area contributed by atoms with Crippen LogP contribution in [0, 0.1) is 0 Å². The summed E-state index contributed by atoms with van der Waals surface area (Å²) in [6.07, 6.45) is 1.70. The highest BCUT2D eigenvalue weighted by Crippen LogP contribution is 2.16. The van der Waals surface area contributed by atoms with Crippen LogP contribution in [0.2, 0.25) is 0 Å². The predicted molar refractivity (Wildman–Crippen MR) is 68.1 cm³/mol. The average molecular weight is 256 g/mol. The van der Waals surface area contributed by atoms with E-state index in [1.54, 1.807) is 23.9 Å². The molecule has 0 N–H and O–H groups in total. The first-order chi connectivity index (χ1) is 9.29. The molecule has 2 aromatic rings. The summed E-state index contributed by atoms with van der Waals surface area (Å²) in [5, 5.41) is 4.24. The number of nitrogens with zero attached hydrogens (tertiary/aromatic N) is 4. The van der Waals surface area contributed by atoms with Crippen LogP contribution in [-0.2, 0) is 11.3 Å². The summed E-state index contributed by atoms with van der Waals surface area (Å²) in [5.74, 6) is 0.246. The highest BCUT2D eigenvalue weighted by molar-refractivity contribution is 6.00. The standard InChI is InChI=1S/C13H12N4O2/c1-2-19-13(18)11-7-9-8-15-12(17(9)16-11)10-5-3-4-6-14-10/h3-7H,2,8H2,1H3. The van der Waals surface area contributed by atoms with Gasteiger partial charge in [-0.25, -0.2) is 9.48 Å². The van der Waals surface area contributed by atoms with E-state index in [1.165, 1.54) is 0 Å². The van der Waals surface area contributed by atoms with Gasteiger partial charge in [0.25, 0.3) is 0 Å². The van der Waals surface area contributed by atoms with E-state index in [0.29, 0.717) is 24.7 Å². The van der Waals surface area contributed by atoms with Gasteiger partial charge in [0.2, 0.25) is 0 Å². The summed E-state index contributed by atoms with van der Waals surface area (Å²) in [4.78, 5) is 20.3. The van der Waals surface area contributed by atoms with Gasteiger partial charge in [-0.1, -0.05) is 6.07 Å². The molecule has 3 heterocycles. The van der Waals surface area contributed by atoms with Crippen LogP contribution in [0.15, 0.2) is 35.5 Å². The lowest BCUT2D eigenvalue weighted by atomic mass is 10.3. The molecule has 3 rings (SSSR count). The van der Waals surface area contributed by atoms with E-state index in [4.69, 9.17) is 4.74 Å². The summed E-state index contributed by atoms with van der Waals surface area (Å²) in [6.45, 7) is 2.60. The molecule has 19 heavy (non-hydrogen) atoms. The number of ether oxygens (including phenoxy) is 1. The number of hydrogen-bond donors (Lipinski definition) is 0. The quantitative estimate of drug-likeness (QED) is 0.775. The molecular formula is C13H12N4O2. The average Bonchev–Trinajstić information content (AvgIpc) is 2.99. The van der Waals surface area contributed by atoms with Gasteiger partial charge in [-0.2, -0.15) is 5.10 Å². The summed E-state index contributed by atoms with van der Waals surface area (Å²) < 4.78 is 6.58. The zero-order chi connectivity index (χ0) is 13.2. The topological polar surface area (TPSA) is 69.4 Å². The first kappa shape index (κ1) is 11.6. The van der Waals surface area contributed by atoms with Crippen molar-refractivity contribution in [1.82, 2.24) is 14.8 Å². The molecule has 0 aromatic carbocycles. The summed E-state index contributed by atoms with van der Waals surface area (Å²) >= 11 is 0. The number of esters is 1. The maximum Gasteiger partial charge on any atom is 0.358 e. The van der Waals surface area contributed by atoms with Gasteiger partial charge in [-0.05, 0) is 25.1 Å². The molecule has 0 radical (unpaired) electrons. The van der Waals surface area contributed by atoms with Gasteiger partial charge < -0.3 is 4.74 Å². The number of aliphatic imine (C=N–C) groups is 1. The lowest BCUT2D eigenvalue weighted by Crippen LogP contribution is -2.15. The third-order valence-corrected chi connectivity index (χ3v) is 2.75. The molecule has 96 valence electrons. The Morgan fingerprint density at radius 1 is 1.47 bits per heavy atom. The Kier molecular flexibility index (Phi) is 2.83. The van der Waals surface area contributed by atoms with E-state index in [-0.39, 0.29) is 0 Å². The Labute approximate surface area is 109 Å². The molecule has 0 amide bonds. The van der Waals surface area contributed by atoms with Crippen LogP contribution < -0.4 is 0 Å². The van der Waals surface area contributed by atoms with E-state index in [1.807, 2.05) is 18.2 Å². The molecule has 0 spiro atoms. The minimum Gasteiger partial charge on any atom is -0.461 e. The van der Waals surface area contributed by atoms with Crippen molar-refractivity contribution in [2.24, 2.45) is 4.99 Å². The van der Waals surface area contributed by atoms with E-state index in [9.17, 15) is 4.79 Å². The Morgan fingerprint density at radius 3 is 3.11 bits per heavy atom. The van der Waals surface area contributed by atoms with Crippen molar-refractivity contribution in [2.45, 2.75) is 13.5 Å². The van der Waals surface area contributed by atoms with E-state index in [2.05, 4.69) is 15.1 Å². The van der Waals surface area contributed by atoms with Crippen molar-refractivity contribution in [3.05, 3.63) is 47.5 Å². The van der Waals surface area contributed by atoms with E-state index < -0.39 is 5.97 Å². The van der Waals surface area contributed by atoms with Crippen molar-refractivity contribution in [3.63, 3.8) is 0 Å². The normalized spacial score (nSPS) is 13.0. The Bertz CT molecular complexity index is 646. The maximum absolute atomic E-state index is 11.6. The molecular weight excluding hydrogens is 244 g/mol. The Hall–Kier alpha value is -2.50. The number of aromatic nitrogens is 3. The number of carbonyl (C=O) groups excluding carboxylic acids is 1. The van der Waals surface area contributed by atoms with Gasteiger partial charge in [0.1, 0.15) is 5.69 Å². The highest BCUT2D eigenvalue weighted by atomic mass is 16.5. The molecule has 0 aliphatic carbocycles. The highest BCUT2D eigenvalue weighted by Gasteiger charge is 2.23. The second kappa shape index (κ2) is 4.64. The maximum atomic E-state index is 11.6. The number of hydrogen-bond acceptors (Lipinski definition) is 5. The van der Waals surface area contributed by atoms with Crippen molar-refractivity contribution in [3.8, 4) is 0 Å². The number of carbonyl (C=O) groups is 1. The molecule has 0 fully saturated rings. The van der Waals surface area contributed by atoms with Gasteiger partial charge >= 0.3 is 5.97 Å². The molecule has 6 nitrogen and oxygen atoms in total. The van der Waals surface area contributed by atoms with E-state index >= 15 is 0 Å². The molecule has 0 atom stereocenters. The van der Waals surface area contributed by atoms with Crippen molar-refractivity contribution in [2.75, 3.05) is 6.61 Å². The second-order valence-electron chi connectivity index (χ2n) is 4.01. The Balaban J connectivity index is 1.94. The van der Waals surface area contributed by atoms with Crippen LogP contribution in [0.4, 0.5) is 0 Å². The van der Waals surface area contributed by atoms with Crippen molar-refractivity contribution < 1.29 is 9.53 Å². The molecule has 0 saturated heterocycles. The fourth-order valence-electron chi connectivity index (χ4n) is 1.93. The third kappa shape index (κ3) is 2.01. The lowest BCUT2D eigenvalue weighted by molar-refractivity contribution is 0.0519.